The number of likely N-dealkylation sites (N-methyl/N-ethyl adjacent to an activating group) is 1. The average Bonchev–Trinajstić information content (AvgIpc) is 2.94. The highest BCUT2D eigenvalue weighted by atomic mass is 16.4. The number of aromatic nitrogens is 1. The van der Waals surface area contributed by atoms with E-state index < -0.39 is 0 Å². The first-order valence-corrected chi connectivity index (χ1v) is 6.20. The summed E-state index contributed by atoms with van der Waals surface area (Å²) in [6.45, 7) is 6.29. The van der Waals surface area contributed by atoms with Crippen LogP contribution in [0.4, 0.5) is 0 Å². The molecule has 2 N–H and O–H groups in total. The lowest BCUT2D eigenvalue weighted by atomic mass is 10.1. The highest BCUT2D eigenvalue weighted by Crippen LogP contribution is 2.26. The molecule has 16 heavy (non-hydrogen) atoms. The summed E-state index contributed by atoms with van der Waals surface area (Å²) >= 11 is 0. The van der Waals surface area contributed by atoms with Gasteiger partial charge in [-0.1, -0.05) is 6.92 Å². The second-order valence-corrected chi connectivity index (χ2v) is 4.44. The van der Waals surface area contributed by atoms with Crippen molar-refractivity contribution in [2.45, 2.75) is 32.1 Å². The standard InChI is InChI=1S/C12H21N3O/c1-2-15-7-5-10(9-15)12-14-8-11(16-12)4-3-6-13/h8,10H,2-7,9,13H2,1H3. The van der Waals surface area contributed by atoms with Gasteiger partial charge >= 0.3 is 0 Å². The number of rotatable bonds is 5. The van der Waals surface area contributed by atoms with Gasteiger partial charge in [-0.05, 0) is 32.5 Å². The molecule has 1 aliphatic heterocycles. The van der Waals surface area contributed by atoms with Crippen molar-refractivity contribution in [3.8, 4) is 0 Å². The van der Waals surface area contributed by atoms with Gasteiger partial charge in [0.15, 0.2) is 5.89 Å². The minimum atomic E-state index is 0.492. The molecule has 1 atom stereocenters. The number of nitrogens with two attached hydrogens (primary N) is 1. The zero-order valence-corrected chi connectivity index (χ0v) is 9.98. The van der Waals surface area contributed by atoms with Gasteiger partial charge in [0.25, 0.3) is 0 Å². The van der Waals surface area contributed by atoms with Gasteiger partial charge in [0, 0.05) is 18.9 Å². The van der Waals surface area contributed by atoms with Gasteiger partial charge in [0.1, 0.15) is 5.76 Å². The molecular weight excluding hydrogens is 202 g/mol. The maximum Gasteiger partial charge on any atom is 0.198 e. The van der Waals surface area contributed by atoms with Crippen LogP contribution in [0.3, 0.4) is 0 Å². The van der Waals surface area contributed by atoms with Crippen molar-refractivity contribution in [1.82, 2.24) is 9.88 Å². The van der Waals surface area contributed by atoms with Crippen molar-refractivity contribution < 1.29 is 4.42 Å². The molecule has 1 unspecified atom stereocenters. The zero-order chi connectivity index (χ0) is 11.4. The molecule has 0 bridgehead atoms. The summed E-state index contributed by atoms with van der Waals surface area (Å²) < 4.78 is 5.77. The van der Waals surface area contributed by atoms with E-state index in [4.69, 9.17) is 10.2 Å². The molecule has 1 fully saturated rings. The molecule has 0 aromatic carbocycles. The number of oxazole rings is 1. The molecule has 90 valence electrons. The van der Waals surface area contributed by atoms with E-state index in [0.29, 0.717) is 12.5 Å². The summed E-state index contributed by atoms with van der Waals surface area (Å²) in [5, 5.41) is 0. The third-order valence-corrected chi connectivity index (χ3v) is 3.27. The fraction of sp³-hybridized carbons (Fsp3) is 0.750. The van der Waals surface area contributed by atoms with Crippen molar-refractivity contribution >= 4 is 0 Å². The molecule has 0 amide bonds. The second-order valence-electron chi connectivity index (χ2n) is 4.44. The minimum Gasteiger partial charge on any atom is -0.445 e. The summed E-state index contributed by atoms with van der Waals surface area (Å²) in [6, 6.07) is 0. The largest absolute Gasteiger partial charge is 0.445 e. The lowest BCUT2D eigenvalue weighted by Gasteiger charge is -2.10. The highest BCUT2D eigenvalue weighted by molar-refractivity contribution is 5.02. The third-order valence-electron chi connectivity index (χ3n) is 3.27. The Bertz CT molecular complexity index is 324. The first-order valence-electron chi connectivity index (χ1n) is 6.20. The Kier molecular flexibility index (Phi) is 3.96. The van der Waals surface area contributed by atoms with Crippen molar-refractivity contribution in [3.63, 3.8) is 0 Å². The van der Waals surface area contributed by atoms with E-state index in [1.54, 1.807) is 0 Å². The van der Waals surface area contributed by atoms with Crippen molar-refractivity contribution in [2.75, 3.05) is 26.2 Å². The molecule has 1 aromatic rings. The lowest BCUT2D eigenvalue weighted by molar-refractivity contribution is 0.342. The van der Waals surface area contributed by atoms with E-state index in [1.165, 1.54) is 13.0 Å². The molecule has 1 saturated heterocycles. The van der Waals surface area contributed by atoms with Crippen LogP contribution in [0, 0.1) is 0 Å². The van der Waals surface area contributed by atoms with Crippen LogP contribution in [0.1, 0.15) is 37.3 Å². The number of hydrogen-bond donors (Lipinski definition) is 1. The van der Waals surface area contributed by atoms with Crippen LogP contribution in [0.25, 0.3) is 0 Å². The van der Waals surface area contributed by atoms with E-state index in [0.717, 1.165) is 37.6 Å². The Morgan fingerprint density at radius 1 is 1.62 bits per heavy atom. The Labute approximate surface area is 96.8 Å². The predicted molar refractivity (Wildman–Crippen MR) is 63.4 cm³/mol. The summed E-state index contributed by atoms with van der Waals surface area (Å²) in [4.78, 5) is 6.82. The molecule has 4 heteroatoms. The van der Waals surface area contributed by atoms with Crippen molar-refractivity contribution in [3.05, 3.63) is 17.8 Å². The monoisotopic (exact) mass is 223 g/mol. The molecule has 2 heterocycles. The Morgan fingerprint density at radius 2 is 2.50 bits per heavy atom. The zero-order valence-electron chi connectivity index (χ0n) is 9.98. The summed E-state index contributed by atoms with van der Waals surface area (Å²) in [5.74, 6) is 2.39. The number of nitrogens with zero attached hydrogens (tertiary/aromatic N) is 2. The molecule has 0 radical (unpaired) electrons. The molecule has 0 aliphatic carbocycles. The van der Waals surface area contributed by atoms with Crippen molar-refractivity contribution in [2.24, 2.45) is 5.73 Å². The van der Waals surface area contributed by atoms with E-state index in [1.807, 2.05) is 6.20 Å². The first kappa shape index (κ1) is 11.6. The Balaban J connectivity index is 1.92. The van der Waals surface area contributed by atoms with Gasteiger partial charge in [-0.15, -0.1) is 0 Å². The maximum atomic E-state index is 5.77. The number of aryl methyl sites for hydroxylation is 1. The van der Waals surface area contributed by atoms with Crippen LogP contribution in [0.2, 0.25) is 0 Å². The van der Waals surface area contributed by atoms with Gasteiger partial charge in [0.05, 0.1) is 6.20 Å². The normalized spacial score (nSPS) is 21.8. The first-order chi connectivity index (χ1) is 7.83. The smallest absolute Gasteiger partial charge is 0.198 e. The summed E-state index contributed by atoms with van der Waals surface area (Å²) in [5.41, 5.74) is 5.47. The molecule has 0 spiro atoms. The Morgan fingerprint density at radius 3 is 3.19 bits per heavy atom. The molecule has 4 nitrogen and oxygen atoms in total. The van der Waals surface area contributed by atoms with Crippen LogP contribution >= 0.6 is 0 Å². The SMILES string of the molecule is CCN1CCC(c2ncc(CCCN)o2)C1. The second kappa shape index (κ2) is 5.46. The lowest BCUT2D eigenvalue weighted by Crippen LogP contribution is -2.19. The van der Waals surface area contributed by atoms with E-state index in [2.05, 4.69) is 16.8 Å². The fourth-order valence-corrected chi connectivity index (χ4v) is 2.22. The predicted octanol–water partition coefficient (Wildman–Crippen LogP) is 1.38. The highest BCUT2D eigenvalue weighted by Gasteiger charge is 2.26. The fourth-order valence-electron chi connectivity index (χ4n) is 2.22. The molecular formula is C12H21N3O. The van der Waals surface area contributed by atoms with Gasteiger partial charge in [-0.2, -0.15) is 0 Å². The maximum absolute atomic E-state index is 5.77. The number of likely N-dealkylation sites (tertiary alicyclic amines) is 1. The van der Waals surface area contributed by atoms with E-state index in [-0.39, 0.29) is 0 Å². The summed E-state index contributed by atoms with van der Waals surface area (Å²) in [7, 11) is 0. The van der Waals surface area contributed by atoms with E-state index >= 15 is 0 Å². The van der Waals surface area contributed by atoms with Crippen LogP contribution in [0.15, 0.2) is 10.6 Å². The Hall–Kier alpha value is -0.870. The van der Waals surface area contributed by atoms with Crippen LogP contribution in [-0.4, -0.2) is 36.1 Å². The molecule has 2 rings (SSSR count). The molecule has 0 saturated carbocycles. The van der Waals surface area contributed by atoms with Gasteiger partial charge < -0.3 is 15.1 Å². The van der Waals surface area contributed by atoms with E-state index in [9.17, 15) is 0 Å². The molecule has 1 aromatic heterocycles. The molecule has 1 aliphatic rings. The van der Waals surface area contributed by atoms with Gasteiger partial charge in [-0.3, -0.25) is 0 Å². The summed E-state index contributed by atoms with van der Waals surface area (Å²) in [6.07, 6.45) is 4.92. The number of hydrogen-bond acceptors (Lipinski definition) is 4. The third kappa shape index (κ3) is 2.62. The van der Waals surface area contributed by atoms with Crippen LogP contribution in [-0.2, 0) is 6.42 Å². The van der Waals surface area contributed by atoms with Crippen molar-refractivity contribution in [1.29, 1.82) is 0 Å². The van der Waals surface area contributed by atoms with Gasteiger partial charge in [0.2, 0.25) is 0 Å². The minimum absolute atomic E-state index is 0.492. The van der Waals surface area contributed by atoms with Crippen LogP contribution < -0.4 is 5.73 Å². The average molecular weight is 223 g/mol. The van der Waals surface area contributed by atoms with Gasteiger partial charge in [-0.25, -0.2) is 4.98 Å². The van der Waals surface area contributed by atoms with Crippen LogP contribution in [0.5, 0.6) is 0 Å². The topological polar surface area (TPSA) is 55.3 Å². The quantitative estimate of drug-likeness (QED) is 0.819.